The first-order valence-electron chi connectivity index (χ1n) is 6.97. The Labute approximate surface area is 133 Å². The third-order valence-corrected chi connectivity index (χ3v) is 3.83. The second-order valence-corrected chi connectivity index (χ2v) is 5.53. The summed E-state index contributed by atoms with van der Waals surface area (Å²) in [5.41, 5.74) is 5.64. The maximum atomic E-state index is 9.84. The number of piperazine rings is 1. The van der Waals surface area contributed by atoms with E-state index in [-0.39, 0.29) is 30.2 Å². The van der Waals surface area contributed by atoms with Gasteiger partial charge in [0.1, 0.15) is 0 Å². The van der Waals surface area contributed by atoms with Crippen LogP contribution in [0.4, 0.5) is 11.8 Å². The lowest BCUT2D eigenvalue weighted by atomic mass is 10.1. The number of nitrogens with two attached hydrogens (primary N) is 1. The van der Waals surface area contributed by atoms with Crippen molar-refractivity contribution in [3.8, 4) is 0 Å². The van der Waals surface area contributed by atoms with E-state index >= 15 is 0 Å². The number of aromatic nitrogens is 3. The second-order valence-electron chi connectivity index (χ2n) is 5.17. The van der Waals surface area contributed by atoms with Gasteiger partial charge < -0.3 is 25.6 Å². The van der Waals surface area contributed by atoms with Crippen molar-refractivity contribution >= 4 is 23.4 Å². The number of hydrogen-bond donors (Lipinski definition) is 3. The maximum Gasteiger partial charge on any atom is 0.247 e. The molecule has 1 aromatic heterocycles. The molecule has 0 aromatic carbocycles. The molecule has 0 spiro atoms. The number of halogens is 1. The average Bonchev–Trinajstić information content (AvgIpc) is 2.50. The smallest absolute Gasteiger partial charge is 0.247 e. The van der Waals surface area contributed by atoms with E-state index in [0.29, 0.717) is 32.1 Å². The number of hydrogen-bond acceptors (Lipinski definition) is 9. The van der Waals surface area contributed by atoms with E-state index in [9.17, 15) is 10.2 Å². The first-order chi connectivity index (χ1) is 10.5. The summed E-state index contributed by atoms with van der Waals surface area (Å²) in [6.07, 6.45) is -0.588. The van der Waals surface area contributed by atoms with Crippen LogP contribution in [0.2, 0.25) is 5.15 Å². The molecular formula is C12H21ClN6O3. The molecule has 9 nitrogen and oxygen atoms in total. The summed E-state index contributed by atoms with van der Waals surface area (Å²) < 4.78 is 4.92. The molecule has 4 N–H and O–H groups in total. The average molecular weight is 333 g/mol. The van der Waals surface area contributed by atoms with Gasteiger partial charge in [-0.2, -0.15) is 4.98 Å². The van der Waals surface area contributed by atoms with Crippen LogP contribution in [-0.2, 0) is 4.74 Å². The summed E-state index contributed by atoms with van der Waals surface area (Å²) in [5.74, 6) is 0.516. The van der Waals surface area contributed by atoms with Crippen molar-refractivity contribution in [1.82, 2.24) is 20.1 Å². The molecule has 0 amide bonds. The lowest BCUT2D eigenvalue weighted by molar-refractivity contribution is 0.0140. The monoisotopic (exact) mass is 332 g/mol. The molecule has 0 bridgehead atoms. The van der Waals surface area contributed by atoms with Crippen LogP contribution in [-0.4, -0.2) is 88.9 Å². The number of anilines is 2. The molecule has 2 rings (SSSR count). The Bertz CT molecular complexity index is 494. The fraction of sp³-hybridized carbons (Fsp3) is 0.750. The van der Waals surface area contributed by atoms with Gasteiger partial charge in [-0.25, -0.2) is 0 Å². The minimum atomic E-state index is -0.588. The van der Waals surface area contributed by atoms with Crippen LogP contribution in [0.3, 0.4) is 0 Å². The summed E-state index contributed by atoms with van der Waals surface area (Å²) in [6, 6.07) is -0.138. The highest BCUT2D eigenvalue weighted by Crippen LogP contribution is 2.18. The predicted octanol–water partition coefficient (Wildman–Crippen LogP) is -1.40. The van der Waals surface area contributed by atoms with Crippen molar-refractivity contribution in [2.75, 3.05) is 57.1 Å². The van der Waals surface area contributed by atoms with Gasteiger partial charge in [-0.15, -0.1) is 10.2 Å². The highest BCUT2D eigenvalue weighted by molar-refractivity contribution is 6.31. The molecule has 0 saturated carbocycles. The minimum absolute atomic E-state index is 0.0350. The van der Waals surface area contributed by atoms with E-state index in [1.54, 1.807) is 7.11 Å². The molecule has 124 valence electrons. The van der Waals surface area contributed by atoms with Gasteiger partial charge in [-0.3, -0.25) is 4.90 Å². The van der Waals surface area contributed by atoms with Gasteiger partial charge >= 0.3 is 0 Å². The molecule has 10 heteroatoms. The lowest BCUT2D eigenvalue weighted by Crippen LogP contribution is -2.57. The molecule has 1 aliphatic heterocycles. The fourth-order valence-electron chi connectivity index (χ4n) is 2.45. The van der Waals surface area contributed by atoms with E-state index in [4.69, 9.17) is 22.1 Å². The van der Waals surface area contributed by atoms with Gasteiger partial charge in [0.25, 0.3) is 0 Å². The molecule has 0 aliphatic carbocycles. The zero-order chi connectivity index (χ0) is 16.1. The van der Waals surface area contributed by atoms with Crippen molar-refractivity contribution in [2.24, 2.45) is 0 Å². The van der Waals surface area contributed by atoms with Crippen LogP contribution in [0.15, 0.2) is 0 Å². The quantitative estimate of drug-likeness (QED) is 0.577. The van der Waals surface area contributed by atoms with Crippen molar-refractivity contribution in [2.45, 2.75) is 12.1 Å². The Balaban J connectivity index is 2.00. The summed E-state index contributed by atoms with van der Waals surface area (Å²) in [4.78, 5) is 8.02. The van der Waals surface area contributed by atoms with Crippen molar-refractivity contribution in [3.63, 3.8) is 0 Å². The Kier molecular flexibility index (Phi) is 6.09. The second kappa shape index (κ2) is 7.84. The number of ether oxygens (including phenoxy) is 1. The zero-order valence-corrected chi connectivity index (χ0v) is 13.1. The van der Waals surface area contributed by atoms with Gasteiger partial charge in [0.2, 0.25) is 5.95 Å². The Morgan fingerprint density at radius 1 is 1.45 bits per heavy atom. The molecule has 1 fully saturated rings. The maximum absolute atomic E-state index is 9.84. The molecule has 1 aliphatic rings. The van der Waals surface area contributed by atoms with E-state index in [0.717, 1.165) is 0 Å². The van der Waals surface area contributed by atoms with Crippen LogP contribution >= 0.6 is 11.6 Å². The number of nitrogens with zero attached hydrogens (tertiary/aromatic N) is 5. The zero-order valence-electron chi connectivity index (χ0n) is 12.4. The molecule has 2 heterocycles. The van der Waals surface area contributed by atoms with Gasteiger partial charge in [-0.1, -0.05) is 11.6 Å². The largest absolute Gasteiger partial charge is 0.395 e. The van der Waals surface area contributed by atoms with Crippen molar-refractivity contribution in [1.29, 1.82) is 0 Å². The number of β-amino-alcohol motifs (C(OH)–C–C–N with tert-alkyl or cyclic N) is 1. The summed E-state index contributed by atoms with van der Waals surface area (Å²) in [6.45, 7) is 2.47. The Morgan fingerprint density at radius 2 is 2.23 bits per heavy atom. The fourth-order valence-corrected chi connectivity index (χ4v) is 2.53. The predicted molar refractivity (Wildman–Crippen MR) is 81.8 cm³/mol. The Hall–Kier alpha value is -1.26. The third-order valence-electron chi connectivity index (χ3n) is 3.56. The number of aliphatic hydroxyl groups excluding tert-OH is 2. The van der Waals surface area contributed by atoms with E-state index in [1.807, 2.05) is 9.80 Å². The van der Waals surface area contributed by atoms with E-state index in [1.165, 1.54) is 0 Å². The molecule has 2 unspecified atom stereocenters. The van der Waals surface area contributed by atoms with Gasteiger partial charge in [0, 0.05) is 33.3 Å². The Morgan fingerprint density at radius 3 is 2.86 bits per heavy atom. The minimum Gasteiger partial charge on any atom is -0.395 e. The van der Waals surface area contributed by atoms with Crippen LogP contribution in [0, 0.1) is 0 Å². The lowest BCUT2D eigenvalue weighted by Gasteiger charge is -2.41. The van der Waals surface area contributed by atoms with Crippen LogP contribution < -0.4 is 10.6 Å². The highest BCUT2D eigenvalue weighted by Gasteiger charge is 2.29. The van der Waals surface area contributed by atoms with Gasteiger partial charge in [-0.05, 0) is 0 Å². The first kappa shape index (κ1) is 17.1. The molecule has 2 atom stereocenters. The van der Waals surface area contributed by atoms with Gasteiger partial charge in [0.15, 0.2) is 11.0 Å². The summed E-state index contributed by atoms with van der Waals surface area (Å²) in [7, 11) is 1.54. The highest BCUT2D eigenvalue weighted by atomic mass is 35.5. The number of aliphatic hydroxyl groups is 2. The molecule has 0 radical (unpaired) electrons. The topological polar surface area (TPSA) is 121 Å². The molecule has 22 heavy (non-hydrogen) atoms. The van der Waals surface area contributed by atoms with E-state index < -0.39 is 6.10 Å². The standard InChI is InChI=1S/C12H21ClN6O3/c1-22-7-9(21)5-18-2-3-19(4-8(18)6-20)12-15-11(14)10(13)16-17-12/h8-9,20-21H,2-7H2,1H3,(H2,14,15,17). The van der Waals surface area contributed by atoms with Crippen molar-refractivity contribution < 1.29 is 14.9 Å². The third kappa shape index (κ3) is 4.14. The SMILES string of the molecule is COCC(O)CN1CCN(c2nnc(Cl)c(N)n2)CC1CO. The van der Waals surface area contributed by atoms with Crippen LogP contribution in [0.5, 0.6) is 0 Å². The van der Waals surface area contributed by atoms with Crippen LogP contribution in [0.1, 0.15) is 0 Å². The normalized spacial score (nSPS) is 21.1. The van der Waals surface area contributed by atoms with E-state index in [2.05, 4.69) is 15.2 Å². The number of rotatable bonds is 6. The summed E-state index contributed by atoms with van der Waals surface area (Å²) in [5, 5.41) is 27.2. The molecular weight excluding hydrogens is 312 g/mol. The molecule has 1 aromatic rings. The number of methoxy groups -OCH3 is 1. The molecule has 1 saturated heterocycles. The number of nitrogen functional groups attached to an aromatic ring is 1. The van der Waals surface area contributed by atoms with Gasteiger partial charge in [0.05, 0.1) is 25.4 Å². The van der Waals surface area contributed by atoms with Crippen molar-refractivity contribution in [3.05, 3.63) is 5.15 Å². The van der Waals surface area contributed by atoms with Crippen LogP contribution in [0.25, 0.3) is 0 Å². The first-order valence-corrected chi connectivity index (χ1v) is 7.35. The summed E-state index contributed by atoms with van der Waals surface area (Å²) >= 11 is 5.72.